The molecule has 7 heteroatoms. The molecule has 3 rings (SSSR count). The van der Waals surface area contributed by atoms with Crippen LogP contribution in [0.4, 0.5) is 0 Å². The predicted octanol–water partition coefficient (Wildman–Crippen LogP) is 3.16. The van der Waals surface area contributed by atoms with Crippen molar-refractivity contribution in [2.45, 2.75) is 53.1 Å². The van der Waals surface area contributed by atoms with E-state index in [-0.39, 0.29) is 23.5 Å². The Balaban J connectivity index is 1.75. The zero-order chi connectivity index (χ0) is 21.1. The lowest BCUT2D eigenvalue weighted by atomic mass is 10.0. The maximum absolute atomic E-state index is 13.1. The number of rotatable bonds is 7. The van der Waals surface area contributed by atoms with E-state index in [1.54, 1.807) is 18.9 Å². The Morgan fingerprint density at radius 2 is 2.03 bits per heavy atom. The van der Waals surface area contributed by atoms with E-state index in [0.29, 0.717) is 43.2 Å². The second-order valence-corrected chi connectivity index (χ2v) is 8.37. The Morgan fingerprint density at radius 3 is 2.62 bits per heavy atom. The first-order valence-electron chi connectivity index (χ1n) is 10.2. The van der Waals surface area contributed by atoms with Crippen molar-refractivity contribution in [3.05, 3.63) is 50.9 Å². The number of hydrogen-bond acceptors (Lipinski definition) is 6. The molecule has 0 spiro atoms. The molecule has 0 bridgehead atoms. The minimum atomic E-state index is -0.558. The average molecular weight is 402 g/mol. The molecule has 0 aliphatic carbocycles. The van der Waals surface area contributed by atoms with Crippen LogP contribution in [0.5, 0.6) is 0 Å². The van der Waals surface area contributed by atoms with E-state index in [1.165, 1.54) is 0 Å². The summed E-state index contributed by atoms with van der Waals surface area (Å²) in [4.78, 5) is 27.3. The van der Waals surface area contributed by atoms with E-state index in [1.807, 2.05) is 19.1 Å². The topological polar surface area (TPSA) is 85.8 Å². The van der Waals surface area contributed by atoms with E-state index < -0.39 is 5.63 Å². The lowest BCUT2D eigenvalue weighted by Gasteiger charge is -2.17. The van der Waals surface area contributed by atoms with Gasteiger partial charge in [0.15, 0.2) is 0 Å². The monoisotopic (exact) mass is 402 g/mol. The molecule has 29 heavy (non-hydrogen) atoms. The van der Waals surface area contributed by atoms with Gasteiger partial charge in [-0.2, -0.15) is 0 Å². The molecule has 1 amide bonds. The predicted molar refractivity (Wildman–Crippen MR) is 108 cm³/mol. The van der Waals surface area contributed by atoms with Crippen molar-refractivity contribution < 1.29 is 18.5 Å². The molecule has 3 heterocycles. The van der Waals surface area contributed by atoms with E-state index in [0.717, 1.165) is 17.9 Å². The van der Waals surface area contributed by atoms with Gasteiger partial charge in [-0.25, -0.2) is 4.79 Å². The van der Waals surface area contributed by atoms with Crippen LogP contribution in [0.25, 0.3) is 0 Å². The second-order valence-electron chi connectivity index (χ2n) is 8.37. The number of ether oxygens (including phenoxy) is 1. The molecule has 0 aromatic carbocycles. The van der Waals surface area contributed by atoms with E-state index in [4.69, 9.17) is 13.7 Å². The van der Waals surface area contributed by atoms with Crippen molar-refractivity contribution in [3.63, 3.8) is 0 Å². The number of carbonyl (C=O) groups is 1. The molecule has 0 saturated carbocycles. The number of likely N-dealkylation sites (tertiary alicyclic amines) is 1. The van der Waals surface area contributed by atoms with Gasteiger partial charge in [0.25, 0.3) is 5.91 Å². The molecule has 1 aliphatic heterocycles. The van der Waals surface area contributed by atoms with Crippen molar-refractivity contribution in [2.75, 3.05) is 20.2 Å². The number of amides is 1. The molecule has 0 unspecified atom stereocenters. The van der Waals surface area contributed by atoms with Crippen molar-refractivity contribution in [2.24, 2.45) is 11.8 Å². The summed E-state index contributed by atoms with van der Waals surface area (Å²) in [6, 6.07) is 3.71. The summed E-state index contributed by atoms with van der Waals surface area (Å²) in [5.41, 5.74) is 1.04. The zero-order valence-electron chi connectivity index (χ0n) is 17.9. The molecule has 7 nitrogen and oxygen atoms in total. The number of hydrogen-bond donors (Lipinski definition) is 0. The van der Waals surface area contributed by atoms with Gasteiger partial charge < -0.3 is 18.6 Å². The van der Waals surface area contributed by atoms with Crippen LogP contribution in [-0.4, -0.2) is 42.3 Å². The first-order valence-corrected chi connectivity index (χ1v) is 10.2. The molecule has 1 fully saturated rings. The Bertz CT molecular complexity index is 914. The van der Waals surface area contributed by atoms with Gasteiger partial charge in [0.1, 0.15) is 17.1 Å². The normalized spacial score (nSPS) is 19.3. The Kier molecular flexibility index (Phi) is 6.57. The highest BCUT2D eigenvalue weighted by Crippen LogP contribution is 2.25. The van der Waals surface area contributed by atoms with E-state index in [9.17, 15) is 9.59 Å². The van der Waals surface area contributed by atoms with Crippen LogP contribution >= 0.6 is 0 Å². The summed E-state index contributed by atoms with van der Waals surface area (Å²) in [6.45, 7) is 8.84. The van der Waals surface area contributed by atoms with Crippen LogP contribution < -0.4 is 5.63 Å². The van der Waals surface area contributed by atoms with Gasteiger partial charge in [0.2, 0.25) is 0 Å². The number of aromatic nitrogens is 1. The lowest BCUT2D eigenvalue weighted by Crippen LogP contribution is -2.34. The van der Waals surface area contributed by atoms with E-state index >= 15 is 0 Å². The van der Waals surface area contributed by atoms with Gasteiger partial charge in [-0.1, -0.05) is 19.0 Å². The highest BCUT2D eigenvalue weighted by molar-refractivity contribution is 5.95. The maximum atomic E-state index is 13.1. The van der Waals surface area contributed by atoms with Gasteiger partial charge in [0.05, 0.1) is 11.8 Å². The molecule has 1 saturated heterocycles. The third kappa shape index (κ3) is 4.96. The molecule has 2 atom stereocenters. The van der Waals surface area contributed by atoms with Crippen LogP contribution in [-0.2, 0) is 17.6 Å². The molecule has 2 aromatic heterocycles. The van der Waals surface area contributed by atoms with Crippen molar-refractivity contribution in [1.82, 2.24) is 10.1 Å². The fourth-order valence-corrected chi connectivity index (χ4v) is 3.88. The van der Waals surface area contributed by atoms with Gasteiger partial charge in [-0.3, -0.25) is 4.79 Å². The smallest absolute Gasteiger partial charge is 0.349 e. The summed E-state index contributed by atoms with van der Waals surface area (Å²) in [5, 5.41) is 3.92. The lowest BCUT2D eigenvalue weighted by molar-refractivity contribution is 0.0669. The van der Waals surface area contributed by atoms with Gasteiger partial charge in [-0.05, 0) is 37.8 Å². The quantitative estimate of drug-likeness (QED) is 0.707. The summed E-state index contributed by atoms with van der Waals surface area (Å²) >= 11 is 0. The Morgan fingerprint density at radius 1 is 1.28 bits per heavy atom. The third-order valence-corrected chi connectivity index (χ3v) is 5.49. The largest absolute Gasteiger partial charge is 0.427 e. The SMILES string of the molecule is CO[C@@H]1CN(C(=O)c2c(C)cc(CCC(C)C)oc2=O)C[C@H]1Cc1cc(C)no1. The first-order chi connectivity index (χ1) is 13.8. The average Bonchev–Trinajstić information content (AvgIpc) is 3.25. The van der Waals surface area contributed by atoms with Crippen LogP contribution in [0.3, 0.4) is 0 Å². The van der Waals surface area contributed by atoms with Gasteiger partial charge >= 0.3 is 5.63 Å². The van der Waals surface area contributed by atoms with Crippen molar-refractivity contribution >= 4 is 5.91 Å². The van der Waals surface area contributed by atoms with Gasteiger partial charge in [-0.15, -0.1) is 0 Å². The second kappa shape index (κ2) is 8.95. The highest BCUT2D eigenvalue weighted by Gasteiger charge is 2.37. The Hall–Kier alpha value is -2.41. The molecule has 158 valence electrons. The third-order valence-electron chi connectivity index (χ3n) is 5.49. The van der Waals surface area contributed by atoms with Crippen LogP contribution in [0.2, 0.25) is 0 Å². The highest BCUT2D eigenvalue weighted by atomic mass is 16.5. The molecule has 0 N–H and O–H groups in total. The van der Waals surface area contributed by atoms with Crippen LogP contribution in [0.15, 0.2) is 25.9 Å². The number of aryl methyl sites for hydroxylation is 3. The summed E-state index contributed by atoms with van der Waals surface area (Å²) in [7, 11) is 1.64. The molecule has 0 radical (unpaired) electrons. The fourth-order valence-electron chi connectivity index (χ4n) is 3.88. The number of carbonyl (C=O) groups excluding carboxylic acids is 1. The molecular formula is C22H30N2O5. The zero-order valence-corrected chi connectivity index (χ0v) is 17.9. The fraction of sp³-hybridized carbons (Fsp3) is 0.591. The van der Waals surface area contributed by atoms with Crippen LogP contribution in [0.1, 0.15) is 53.4 Å². The molecule has 2 aromatic rings. The standard InChI is InChI=1S/C22H30N2O5/c1-13(2)6-7-17-8-14(3)20(22(26)28-17)21(25)24-11-16(19(12-24)27-5)10-18-9-15(4)23-29-18/h8-9,13,16,19H,6-7,10-12H2,1-5H3/t16-,19-/m1/s1. The number of methoxy groups -OCH3 is 1. The van der Waals surface area contributed by atoms with Crippen molar-refractivity contribution in [1.29, 1.82) is 0 Å². The molecule has 1 aliphatic rings. The maximum Gasteiger partial charge on any atom is 0.349 e. The van der Waals surface area contributed by atoms with Crippen LogP contribution in [0, 0.1) is 25.7 Å². The van der Waals surface area contributed by atoms with E-state index in [2.05, 4.69) is 19.0 Å². The molecular weight excluding hydrogens is 372 g/mol. The summed E-state index contributed by atoms with van der Waals surface area (Å²) in [6.07, 6.45) is 2.13. The minimum Gasteiger partial charge on any atom is -0.427 e. The minimum absolute atomic E-state index is 0.0777. The Labute approximate surface area is 171 Å². The summed E-state index contributed by atoms with van der Waals surface area (Å²) in [5.74, 6) is 1.70. The van der Waals surface area contributed by atoms with Gasteiger partial charge in [0, 0.05) is 45.0 Å². The van der Waals surface area contributed by atoms with Crippen molar-refractivity contribution in [3.8, 4) is 0 Å². The summed E-state index contributed by atoms with van der Waals surface area (Å²) < 4.78 is 16.4. The number of nitrogens with zero attached hydrogens (tertiary/aromatic N) is 2. The first kappa shape index (κ1) is 21.3.